The number of nitrogens with zero attached hydrogens (tertiary/aromatic N) is 1. The number of ether oxygens (including phenoxy) is 1. The van der Waals surface area contributed by atoms with Crippen molar-refractivity contribution in [2.75, 3.05) is 26.2 Å². The molecule has 2 heterocycles. The zero-order valence-electron chi connectivity index (χ0n) is 17.6. The maximum absolute atomic E-state index is 12.9. The lowest BCUT2D eigenvalue weighted by Crippen LogP contribution is -2.48. The van der Waals surface area contributed by atoms with Gasteiger partial charge < -0.3 is 19.9 Å². The van der Waals surface area contributed by atoms with Crippen molar-refractivity contribution < 1.29 is 14.3 Å². The average molecular weight is 398 g/mol. The second kappa shape index (κ2) is 9.74. The molecule has 1 atom stereocenters. The van der Waals surface area contributed by atoms with Gasteiger partial charge in [-0.05, 0) is 57.7 Å². The first-order chi connectivity index (χ1) is 14.0. The summed E-state index contributed by atoms with van der Waals surface area (Å²) in [5.41, 5.74) is 3.56. The van der Waals surface area contributed by atoms with E-state index in [0.717, 1.165) is 38.9 Å². The van der Waals surface area contributed by atoms with Crippen LogP contribution >= 0.6 is 0 Å². The molecule has 156 valence electrons. The molecule has 0 radical (unpaired) electrons. The topological polar surface area (TPSA) is 74.4 Å². The predicted octanol–water partition coefficient (Wildman–Crippen LogP) is 3.25. The number of aromatic nitrogens is 1. The zero-order chi connectivity index (χ0) is 20.8. The quantitative estimate of drug-likeness (QED) is 0.704. The third-order valence-electron chi connectivity index (χ3n) is 5.54. The fourth-order valence-corrected chi connectivity index (χ4v) is 4.05. The van der Waals surface area contributed by atoms with Gasteiger partial charge in [-0.1, -0.05) is 30.3 Å². The Hall–Kier alpha value is -2.60. The molecule has 0 bridgehead atoms. The van der Waals surface area contributed by atoms with Gasteiger partial charge in [0, 0.05) is 24.8 Å². The summed E-state index contributed by atoms with van der Waals surface area (Å²) in [6.45, 7) is 8.57. The number of H-pyrrole nitrogens is 1. The minimum Gasteiger partial charge on any atom is -0.462 e. The summed E-state index contributed by atoms with van der Waals surface area (Å²) in [6.07, 6.45) is 3.05. The van der Waals surface area contributed by atoms with Crippen LogP contribution in [0.2, 0.25) is 0 Å². The highest BCUT2D eigenvalue weighted by atomic mass is 16.5. The van der Waals surface area contributed by atoms with E-state index in [1.165, 1.54) is 5.56 Å². The molecule has 1 amide bonds. The second-order valence-electron chi connectivity index (χ2n) is 7.69. The smallest absolute Gasteiger partial charge is 0.340 e. The highest BCUT2D eigenvalue weighted by Gasteiger charge is 2.26. The van der Waals surface area contributed by atoms with Gasteiger partial charge in [0.25, 0.3) is 5.91 Å². The summed E-state index contributed by atoms with van der Waals surface area (Å²) >= 11 is 0. The summed E-state index contributed by atoms with van der Waals surface area (Å²) in [7, 11) is 0. The SMILES string of the molecule is CCOC(=O)c1c(C)[nH]c(C(=O)NC2CCCN(CCc3ccccc3)C2)c1C. The van der Waals surface area contributed by atoms with Crippen molar-refractivity contribution in [3.05, 3.63) is 58.4 Å². The van der Waals surface area contributed by atoms with Crippen LogP contribution in [-0.4, -0.2) is 54.0 Å². The average Bonchev–Trinajstić information content (AvgIpc) is 3.02. The number of piperidine rings is 1. The summed E-state index contributed by atoms with van der Waals surface area (Å²) < 4.78 is 5.11. The summed E-state index contributed by atoms with van der Waals surface area (Å²) in [5.74, 6) is -0.543. The lowest BCUT2D eigenvalue weighted by molar-refractivity contribution is 0.0525. The first-order valence-electron chi connectivity index (χ1n) is 10.4. The number of carbonyl (C=O) groups excluding carboxylic acids is 2. The maximum atomic E-state index is 12.9. The first-order valence-corrected chi connectivity index (χ1v) is 10.4. The number of hydrogen-bond acceptors (Lipinski definition) is 4. The monoisotopic (exact) mass is 397 g/mol. The van der Waals surface area contributed by atoms with Crippen LogP contribution in [0.15, 0.2) is 30.3 Å². The molecule has 1 aromatic heterocycles. The molecule has 1 unspecified atom stereocenters. The Kier molecular flexibility index (Phi) is 7.09. The molecule has 6 nitrogen and oxygen atoms in total. The van der Waals surface area contributed by atoms with E-state index in [1.54, 1.807) is 20.8 Å². The summed E-state index contributed by atoms with van der Waals surface area (Å²) in [4.78, 5) is 30.5. The van der Waals surface area contributed by atoms with Crippen LogP contribution in [-0.2, 0) is 11.2 Å². The Morgan fingerprint density at radius 3 is 2.72 bits per heavy atom. The van der Waals surface area contributed by atoms with Gasteiger partial charge in [-0.2, -0.15) is 0 Å². The minimum absolute atomic E-state index is 0.112. The van der Waals surface area contributed by atoms with Gasteiger partial charge in [0.15, 0.2) is 0 Å². The van der Waals surface area contributed by atoms with E-state index in [9.17, 15) is 9.59 Å². The Balaban J connectivity index is 1.59. The summed E-state index contributed by atoms with van der Waals surface area (Å²) in [6, 6.07) is 10.6. The van der Waals surface area contributed by atoms with E-state index in [1.807, 2.05) is 6.07 Å². The van der Waals surface area contributed by atoms with Crippen LogP contribution in [0.3, 0.4) is 0 Å². The molecule has 1 aliphatic heterocycles. The Morgan fingerprint density at radius 2 is 2.00 bits per heavy atom. The molecule has 0 aliphatic carbocycles. The van der Waals surface area contributed by atoms with Crippen molar-refractivity contribution in [2.24, 2.45) is 0 Å². The summed E-state index contributed by atoms with van der Waals surface area (Å²) in [5, 5.41) is 3.15. The van der Waals surface area contributed by atoms with Gasteiger partial charge in [0.05, 0.1) is 12.2 Å². The molecule has 1 fully saturated rings. The molecule has 0 spiro atoms. The number of rotatable bonds is 7. The first kappa shape index (κ1) is 21.1. The predicted molar refractivity (Wildman–Crippen MR) is 113 cm³/mol. The van der Waals surface area contributed by atoms with Gasteiger partial charge in [0.2, 0.25) is 0 Å². The Bertz CT molecular complexity index is 845. The van der Waals surface area contributed by atoms with Gasteiger partial charge in [0.1, 0.15) is 5.69 Å². The second-order valence-corrected chi connectivity index (χ2v) is 7.69. The van der Waals surface area contributed by atoms with Crippen LogP contribution in [0, 0.1) is 13.8 Å². The number of hydrogen-bond donors (Lipinski definition) is 2. The lowest BCUT2D eigenvalue weighted by Gasteiger charge is -2.33. The number of likely N-dealkylation sites (tertiary alicyclic amines) is 1. The van der Waals surface area contributed by atoms with E-state index in [4.69, 9.17) is 4.74 Å². The van der Waals surface area contributed by atoms with Crippen LogP contribution < -0.4 is 5.32 Å². The number of nitrogens with one attached hydrogen (secondary N) is 2. The molecule has 1 aliphatic rings. The van der Waals surface area contributed by atoms with Crippen molar-refractivity contribution in [3.8, 4) is 0 Å². The maximum Gasteiger partial charge on any atom is 0.340 e. The highest BCUT2D eigenvalue weighted by molar-refractivity contribution is 6.00. The molecular formula is C23H31N3O3. The number of carbonyl (C=O) groups is 2. The highest BCUT2D eigenvalue weighted by Crippen LogP contribution is 2.20. The molecule has 2 N–H and O–H groups in total. The standard InChI is InChI=1S/C23H31N3O3/c1-4-29-23(28)20-16(2)21(24-17(20)3)22(27)25-19-11-8-13-26(15-19)14-12-18-9-6-5-7-10-18/h5-7,9-10,19,24H,4,8,11-15H2,1-3H3,(H,25,27). The molecule has 2 aromatic rings. The molecule has 3 rings (SSSR count). The largest absolute Gasteiger partial charge is 0.462 e. The lowest BCUT2D eigenvalue weighted by atomic mass is 10.0. The Labute approximate surface area is 172 Å². The molecule has 1 aromatic carbocycles. The molecule has 6 heteroatoms. The normalized spacial score (nSPS) is 17.1. The number of amides is 1. The Morgan fingerprint density at radius 1 is 1.24 bits per heavy atom. The third-order valence-corrected chi connectivity index (χ3v) is 5.54. The van der Waals surface area contributed by atoms with E-state index in [0.29, 0.717) is 29.1 Å². The fraction of sp³-hybridized carbons (Fsp3) is 0.478. The van der Waals surface area contributed by atoms with Crippen LogP contribution in [0.5, 0.6) is 0 Å². The van der Waals surface area contributed by atoms with Crippen LogP contribution in [0.4, 0.5) is 0 Å². The van der Waals surface area contributed by atoms with E-state index in [-0.39, 0.29) is 17.9 Å². The van der Waals surface area contributed by atoms with Crippen molar-refractivity contribution >= 4 is 11.9 Å². The third kappa shape index (κ3) is 5.26. The molecular weight excluding hydrogens is 366 g/mol. The van der Waals surface area contributed by atoms with Crippen molar-refractivity contribution in [3.63, 3.8) is 0 Å². The van der Waals surface area contributed by atoms with Crippen molar-refractivity contribution in [1.29, 1.82) is 0 Å². The molecule has 29 heavy (non-hydrogen) atoms. The van der Waals surface area contributed by atoms with E-state index < -0.39 is 0 Å². The van der Waals surface area contributed by atoms with Gasteiger partial charge in [-0.25, -0.2) is 4.79 Å². The molecule has 0 saturated carbocycles. The van der Waals surface area contributed by atoms with E-state index >= 15 is 0 Å². The van der Waals surface area contributed by atoms with Crippen LogP contribution in [0.25, 0.3) is 0 Å². The number of benzene rings is 1. The van der Waals surface area contributed by atoms with Gasteiger partial charge in [-0.15, -0.1) is 0 Å². The van der Waals surface area contributed by atoms with E-state index in [2.05, 4.69) is 39.5 Å². The fourth-order valence-electron chi connectivity index (χ4n) is 4.05. The zero-order valence-corrected chi connectivity index (χ0v) is 17.6. The number of aryl methyl sites for hydroxylation is 1. The minimum atomic E-state index is -0.387. The van der Waals surface area contributed by atoms with Crippen molar-refractivity contribution in [1.82, 2.24) is 15.2 Å². The number of esters is 1. The van der Waals surface area contributed by atoms with Crippen LogP contribution in [0.1, 0.15) is 57.4 Å². The molecule has 1 saturated heterocycles. The van der Waals surface area contributed by atoms with Gasteiger partial charge in [-0.3, -0.25) is 4.79 Å². The van der Waals surface area contributed by atoms with Crippen molar-refractivity contribution in [2.45, 2.75) is 46.1 Å². The van der Waals surface area contributed by atoms with Gasteiger partial charge >= 0.3 is 5.97 Å². The number of aromatic amines is 1.